The second-order valence-electron chi connectivity index (χ2n) is 3.76. The molecule has 0 unspecified atom stereocenters. The van der Waals surface area contributed by atoms with Gasteiger partial charge in [0, 0.05) is 17.5 Å². The molecule has 0 aliphatic rings. The van der Waals surface area contributed by atoms with E-state index in [0.29, 0.717) is 5.82 Å². The summed E-state index contributed by atoms with van der Waals surface area (Å²) in [5.41, 5.74) is 8.02. The number of hydrogen-bond acceptors (Lipinski definition) is 3. The quantitative estimate of drug-likeness (QED) is 0.619. The monoisotopic (exact) mass is 219 g/mol. The van der Waals surface area contributed by atoms with Crippen molar-refractivity contribution < 1.29 is 0 Å². The lowest BCUT2D eigenvalue weighted by molar-refractivity contribution is 0.921. The third kappa shape index (κ3) is 2.18. The van der Waals surface area contributed by atoms with E-state index in [1.807, 2.05) is 18.3 Å². The van der Waals surface area contributed by atoms with Crippen molar-refractivity contribution in [2.75, 3.05) is 11.1 Å². The summed E-state index contributed by atoms with van der Waals surface area (Å²) in [6.45, 7) is 2.86. The topological polar surface area (TPSA) is 82.5 Å². The summed E-state index contributed by atoms with van der Waals surface area (Å²) in [5, 5.41) is 10.2. The number of anilines is 2. The number of rotatable bonds is 5. The average Bonchev–Trinajstić information content (AvgIpc) is 2.89. The molecular formula is C11H17N5. The van der Waals surface area contributed by atoms with Crippen LogP contribution in [0, 0.1) is 0 Å². The Morgan fingerprint density at radius 3 is 3.06 bits per heavy atom. The molecule has 2 aromatic rings. The molecule has 0 atom stereocenters. The number of aromatic nitrogens is 3. The van der Waals surface area contributed by atoms with Gasteiger partial charge in [0.2, 0.25) is 0 Å². The first-order valence-electron chi connectivity index (χ1n) is 5.50. The summed E-state index contributed by atoms with van der Waals surface area (Å²) in [4.78, 5) is 3.13. The second kappa shape index (κ2) is 4.74. The SMILES string of the molecule is CCCc1c(NCc2ccc[nH]2)n[nH]c1N. The first kappa shape index (κ1) is 10.6. The van der Waals surface area contributed by atoms with Gasteiger partial charge in [-0.3, -0.25) is 5.10 Å². The van der Waals surface area contributed by atoms with Gasteiger partial charge in [0.05, 0.1) is 6.54 Å². The summed E-state index contributed by atoms with van der Waals surface area (Å²) in [6, 6.07) is 4.01. The average molecular weight is 219 g/mol. The minimum Gasteiger partial charge on any atom is -0.384 e. The van der Waals surface area contributed by atoms with Gasteiger partial charge in [0.25, 0.3) is 0 Å². The molecule has 0 aliphatic heterocycles. The largest absolute Gasteiger partial charge is 0.384 e. The summed E-state index contributed by atoms with van der Waals surface area (Å²) in [7, 11) is 0. The van der Waals surface area contributed by atoms with Gasteiger partial charge in [-0.05, 0) is 18.6 Å². The second-order valence-corrected chi connectivity index (χ2v) is 3.76. The molecule has 0 radical (unpaired) electrons. The Morgan fingerprint density at radius 1 is 1.50 bits per heavy atom. The summed E-state index contributed by atoms with van der Waals surface area (Å²) in [5.74, 6) is 1.52. The molecule has 16 heavy (non-hydrogen) atoms. The lowest BCUT2D eigenvalue weighted by Gasteiger charge is -2.04. The van der Waals surface area contributed by atoms with E-state index < -0.39 is 0 Å². The first-order chi connectivity index (χ1) is 7.81. The highest BCUT2D eigenvalue weighted by Gasteiger charge is 2.09. The van der Waals surface area contributed by atoms with Crippen molar-refractivity contribution in [3.8, 4) is 0 Å². The Bertz CT molecular complexity index is 429. The normalized spacial score (nSPS) is 10.6. The highest BCUT2D eigenvalue weighted by atomic mass is 15.2. The van der Waals surface area contributed by atoms with Gasteiger partial charge in [0.15, 0.2) is 5.82 Å². The lowest BCUT2D eigenvalue weighted by atomic mass is 10.2. The predicted octanol–water partition coefficient (Wildman–Crippen LogP) is 1.88. The zero-order chi connectivity index (χ0) is 11.4. The molecule has 5 N–H and O–H groups in total. The summed E-state index contributed by atoms with van der Waals surface area (Å²) >= 11 is 0. The molecule has 86 valence electrons. The smallest absolute Gasteiger partial charge is 0.153 e. The maximum atomic E-state index is 5.81. The Labute approximate surface area is 94.4 Å². The van der Waals surface area contributed by atoms with Crippen LogP contribution < -0.4 is 11.1 Å². The molecule has 0 aliphatic carbocycles. The van der Waals surface area contributed by atoms with Crippen molar-refractivity contribution in [3.63, 3.8) is 0 Å². The number of nitrogens with zero attached hydrogens (tertiary/aromatic N) is 1. The maximum Gasteiger partial charge on any atom is 0.153 e. The fourth-order valence-corrected chi connectivity index (χ4v) is 1.68. The van der Waals surface area contributed by atoms with Crippen molar-refractivity contribution >= 4 is 11.6 Å². The fourth-order valence-electron chi connectivity index (χ4n) is 1.68. The Morgan fingerprint density at radius 2 is 2.38 bits per heavy atom. The molecule has 0 bridgehead atoms. The molecule has 0 aromatic carbocycles. The van der Waals surface area contributed by atoms with Crippen LogP contribution in [0.5, 0.6) is 0 Å². The highest BCUT2D eigenvalue weighted by molar-refractivity contribution is 5.56. The van der Waals surface area contributed by atoms with Crippen molar-refractivity contribution in [3.05, 3.63) is 29.6 Å². The molecule has 2 rings (SSSR count). The van der Waals surface area contributed by atoms with Crippen LogP contribution in [0.2, 0.25) is 0 Å². The summed E-state index contributed by atoms with van der Waals surface area (Å²) in [6.07, 6.45) is 3.90. The molecule has 5 nitrogen and oxygen atoms in total. The van der Waals surface area contributed by atoms with E-state index in [1.54, 1.807) is 0 Å². The molecular weight excluding hydrogens is 202 g/mol. The molecule has 2 aromatic heterocycles. The molecule has 0 saturated heterocycles. The standard InChI is InChI=1S/C11H17N5/c1-2-4-9-10(12)15-16-11(9)14-7-8-5-3-6-13-8/h3,5-6,13H,2,4,7H2,1H3,(H4,12,14,15,16). The van der Waals surface area contributed by atoms with Crippen molar-refractivity contribution in [2.45, 2.75) is 26.3 Å². The van der Waals surface area contributed by atoms with E-state index in [2.05, 4.69) is 27.4 Å². The highest BCUT2D eigenvalue weighted by Crippen LogP contribution is 2.20. The predicted molar refractivity (Wildman–Crippen MR) is 65.1 cm³/mol. The maximum absolute atomic E-state index is 5.81. The van der Waals surface area contributed by atoms with Crippen molar-refractivity contribution in [1.29, 1.82) is 0 Å². The van der Waals surface area contributed by atoms with Crippen LogP contribution in [0.25, 0.3) is 0 Å². The van der Waals surface area contributed by atoms with Crippen LogP contribution in [0.1, 0.15) is 24.6 Å². The van der Waals surface area contributed by atoms with Crippen LogP contribution in [0.3, 0.4) is 0 Å². The van der Waals surface area contributed by atoms with Crippen LogP contribution in [0.15, 0.2) is 18.3 Å². The number of nitrogen functional groups attached to an aromatic ring is 1. The lowest BCUT2D eigenvalue weighted by Crippen LogP contribution is -2.02. The van der Waals surface area contributed by atoms with E-state index in [-0.39, 0.29) is 0 Å². The zero-order valence-corrected chi connectivity index (χ0v) is 9.38. The first-order valence-corrected chi connectivity index (χ1v) is 5.50. The van der Waals surface area contributed by atoms with Crippen LogP contribution >= 0.6 is 0 Å². The van der Waals surface area contributed by atoms with E-state index in [4.69, 9.17) is 5.73 Å². The van der Waals surface area contributed by atoms with E-state index in [9.17, 15) is 0 Å². The van der Waals surface area contributed by atoms with Gasteiger partial charge in [-0.2, -0.15) is 5.10 Å². The molecule has 2 heterocycles. The fraction of sp³-hybridized carbons (Fsp3) is 0.364. The number of nitrogens with one attached hydrogen (secondary N) is 3. The van der Waals surface area contributed by atoms with Gasteiger partial charge in [-0.15, -0.1) is 0 Å². The van der Waals surface area contributed by atoms with E-state index in [0.717, 1.165) is 36.5 Å². The zero-order valence-electron chi connectivity index (χ0n) is 9.38. The molecule has 0 fully saturated rings. The van der Waals surface area contributed by atoms with Crippen LogP contribution in [-0.4, -0.2) is 15.2 Å². The van der Waals surface area contributed by atoms with E-state index >= 15 is 0 Å². The van der Waals surface area contributed by atoms with Gasteiger partial charge in [0.1, 0.15) is 5.82 Å². The number of H-pyrrole nitrogens is 2. The number of nitrogens with two attached hydrogens (primary N) is 1. The van der Waals surface area contributed by atoms with Gasteiger partial charge in [-0.1, -0.05) is 13.3 Å². The Balaban J connectivity index is 2.03. The summed E-state index contributed by atoms with van der Waals surface area (Å²) < 4.78 is 0. The minimum atomic E-state index is 0.663. The molecule has 5 heteroatoms. The molecule has 0 amide bonds. The van der Waals surface area contributed by atoms with Crippen LogP contribution in [-0.2, 0) is 13.0 Å². The van der Waals surface area contributed by atoms with E-state index in [1.165, 1.54) is 0 Å². The Kier molecular flexibility index (Phi) is 3.14. The third-order valence-electron chi connectivity index (χ3n) is 2.51. The van der Waals surface area contributed by atoms with Crippen LogP contribution in [0.4, 0.5) is 11.6 Å². The van der Waals surface area contributed by atoms with Crippen molar-refractivity contribution in [2.24, 2.45) is 0 Å². The number of aromatic amines is 2. The van der Waals surface area contributed by atoms with Crippen molar-refractivity contribution in [1.82, 2.24) is 15.2 Å². The minimum absolute atomic E-state index is 0.663. The van der Waals surface area contributed by atoms with Gasteiger partial charge < -0.3 is 16.0 Å². The molecule has 0 saturated carbocycles. The Hall–Kier alpha value is -1.91. The third-order valence-corrected chi connectivity index (χ3v) is 2.51. The molecule has 0 spiro atoms. The van der Waals surface area contributed by atoms with Gasteiger partial charge >= 0.3 is 0 Å². The number of hydrogen-bond donors (Lipinski definition) is 4. The van der Waals surface area contributed by atoms with Gasteiger partial charge in [-0.25, -0.2) is 0 Å².